The first kappa shape index (κ1) is 14.3. The van der Waals surface area contributed by atoms with Crippen LogP contribution in [-0.2, 0) is 4.79 Å². The molecule has 2 aliphatic rings. The molecule has 0 aromatic rings. The van der Waals surface area contributed by atoms with Crippen LogP contribution in [0.25, 0.3) is 0 Å². The standard InChI is InChI=1S/C15H25N3O/c1-13(19)17-8-5-9-18(11-10-17)15-7-4-2-3-6-14(15)12-16/h14-15H,2-11H2,1H3. The van der Waals surface area contributed by atoms with Gasteiger partial charge in [0, 0.05) is 39.1 Å². The molecule has 4 nitrogen and oxygen atoms in total. The van der Waals surface area contributed by atoms with Gasteiger partial charge < -0.3 is 4.90 Å². The zero-order valence-corrected chi connectivity index (χ0v) is 12.0. The molecule has 2 rings (SSSR count). The largest absolute Gasteiger partial charge is 0.342 e. The van der Waals surface area contributed by atoms with Gasteiger partial charge in [0.15, 0.2) is 0 Å². The Kier molecular flexibility index (Phi) is 5.21. The number of hydrogen-bond donors (Lipinski definition) is 0. The quantitative estimate of drug-likeness (QED) is 0.680. The van der Waals surface area contributed by atoms with Crippen molar-refractivity contribution in [3.63, 3.8) is 0 Å². The Bertz CT molecular complexity index is 350. The van der Waals surface area contributed by atoms with Crippen molar-refractivity contribution in [3.8, 4) is 6.07 Å². The van der Waals surface area contributed by atoms with Gasteiger partial charge in [-0.15, -0.1) is 0 Å². The highest BCUT2D eigenvalue weighted by Gasteiger charge is 2.30. The van der Waals surface area contributed by atoms with E-state index in [4.69, 9.17) is 0 Å². The number of rotatable bonds is 1. The molecule has 0 aromatic heterocycles. The monoisotopic (exact) mass is 263 g/mol. The Labute approximate surface area is 116 Å². The van der Waals surface area contributed by atoms with Crippen LogP contribution >= 0.6 is 0 Å². The Hall–Kier alpha value is -1.08. The molecule has 2 fully saturated rings. The van der Waals surface area contributed by atoms with Crippen molar-refractivity contribution in [2.75, 3.05) is 26.2 Å². The Balaban J connectivity index is 1.99. The highest BCUT2D eigenvalue weighted by molar-refractivity contribution is 5.73. The summed E-state index contributed by atoms with van der Waals surface area (Å²) in [6, 6.07) is 2.94. The maximum atomic E-state index is 11.5. The molecule has 1 amide bonds. The van der Waals surface area contributed by atoms with E-state index in [-0.39, 0.29) is 11.8 Å². The lowest BCUT2D eigenvalue weighted by Gasteiger charge is -2.32. The minimum atomic E-state index is 0.180. The number of amides is 1. The minimum absolute atomic E-state index is 0.180. The van der Waals surface area contributed by atoms with Gasteiger partial charge in [0.25, 0.3) is 0 Å². The van der Waals surface area contributed by atoms with Gasteiger partial charge in [-0.3, -0.25) is 9.69 Å². The molecule has 1 heterocycles. The molecule has 19 heavy (non-hydrogen) atoms. The summed E-state index contributed by atoms with van der Waals surface area (Å²) in [7, 11) is 0. The lowest BCUT2D eigenvalue weighted by atomic mass is 9.94. The SMILES string of the molecule is CC(=O)N1CCCN(C2CCCCCC2C#N)CC1. The average molecular weight is 263 g/mol. The maximum absolute atomic E-state index is 11.5. The highest BCUT2D eigenvalue weighted by Crippen LogP contribution is 2.27. The molecule has 2 unspecified atom stereocenters. The van der Waals surface area contributed by atoms with E-state index in [1.807, 2.05) is 4.90 Å². The molecule has 0 bridgehead atoms. The van der Waals surface area contributed by atoms with Crippen molar-refractivity contribution in [1.29, 1.82) is 5.26 Å². The molecule has 2 atom stereocenters. The van der Waals surface area contributed by atoms with E-state index >= 15 is 0 Å². The minimum Gasteiger partial charge on any atom is -0.342 e. The van der Waals surface area contributed by atoms with E-state index in [2.05, 4.69) is 11.0 Å². The lowest BCUT2D eigenvalue weighted by Crippen LogP contribution is -2.42. The first-order chi connectivity index (χ1) is 9.22. The van der Waals surface area contributed by atoms with Crippen molar-refractivity contribution in [2.24, 2.45) is 5.92 Å². The van der Waals surface area contributed by atoms with Gasteiger partial charge in [0.1, 0.15) is 0 Å². The van der Waals surface area contributed by atoms with Gasteiger partial charge in [-0.05, 0) is 19.3 Å². The molecule has 1 saturated heterocycles. The lowest BCUT2D eigenvalue weighted by molar-refractivity contribution is -0.128. The van der Waals surface area contributed by atoms with Crippen LogP contribution in [0, 0.1) is 17.2 Å². The summed E-state index contributed by atoms with van der Waals surface area (Å²) in [5.41, 5.74) is 0. The van der Waals surface area contributed by atoms with Gasteiger partial charge in [-0.2, -0.15) is 5.26 Å². The Morgan fingerprint density at radius 2 is 1.84 bits per heavy atom. The summed E-state index contributed by atoms with van der Waals surface area (Å²) in [4.78, 5) is 15.9. The summed E-state index contributed by atoms with van der Waals surface area (Å²) in [5.74, 6) is 0.367. The number of hydrogen-bond acceptors (Lipinski definition) is 3. The van der Waals surface area contributed by atoms with Crippen molar-refractivity contribution in [1.82, 2.24) is 9.80 Å². The molecule has 1 saturated carbocycles. The van der Waals surface area contributed by atoms with Gasteiger partial charge in [-0.25, -0.2) is 0 Å². The highest BCUT2D eigenvalue weighted by atomic mass is 16.2. The second-order valence-electron chi connectivity index (χ2n) is 5.84. The van der Waals surface area contributed by atoms with Crippen LogP contribution in [0.3, 0.4) is 0 Å². The Morgan fingerprint density at radius 3 is 2.58 bits per heavy atom. The normalized spacial score (nSPS) is 30.2. The molecule has 106 valence electrons. The fourth-order valence-electron chi connectivity index (χ4n) is 3.46. The predicted octanol–water partition coefficient (Wildman–Crippen LogP) is 2.01. The third-order valence-electron chi connectivity index (χ3n) is 4.59. The number of nitriles is 1. The van der Waals surface area contributed by atoms with Gasteiger partial charge in [0.2, 0.25) is 5.91 Å². The third-order valence-corrected chi connectivity index (χ3v) is 4.59. The molecule has 1 aliphatic heterocycles. The van der Waals surface area contributed by atoms with Crippen LogP contribution in [0.15, 0.2) is 0 Å². The summed E-state index contributed by atoms with van der Waals surface area (Å²) < 4.78 is 0. The zero-order valence-electron chi connectivity index (χ0n) is 12.0. The van der Waals surface area contributed by atoms with E-state index in [1.54, 1.807) is 6.92 Å². The van der Waals surface area contributed by atoms with Gasteiger partial charge in [-0.1, -0.05) is 19.3 Å². The van der Waals surface area contributed by atoms with Crippen LogP contribution in [0.1, 0.15) is 45.4 Å². The van der Waals surface area contributed by atoms with Crippen molar-refractivity contribution in [3.05, 3.63) is 0 Å². The molecule has 0 aromatic carbocycles. The smallest absolute Gasteiger partial charge is 0.219 e. The third kappa shape index (κ3) is 3.70. The zero-order chi connectivity index (χ0) is 13.7. The summed E-state index contributed by atoms with van der Waals surface area (Å²) >= 11 is 0. The number of carbonyl (C=O) groups excluding carboxylic acids is 1. The van der Waals surface area contributed by atoms with E-state index in [0.717, 1.165) is 45.4 Å². The second kappa shape index (κ2) is 6.91. The van der Waals surface area contributed by atoms with Crippen molar-refractivity contribution >= 4 is 5.91 Å². The van der Waals surface area contributed by atoms with E-state index < -0.39 is 0 Å². The van der Waals surface area contributed by atoms with Gasteiger partial charge in [0.05, 0.1) is 12.0 Å². The van der Waals surface area contributed by atoms with Crippen LogP contribution in [-0.4, -0.2) is 47.9 Å². The molecule has 0 N–H and O–H groups in total. The Morgan fingerprint density at radius 1 is 1.05 bits per heavy atom. The fourth-order valence-corrected chi connectivity index (χ4v) is 3.46. The second-order valence-corrected chi connectivity index (χ2v) is 5.84. The molecule has 4 heteroatoms. The van der Waals surface area contributed by atoms with Crippen molar-refractivity contribution < 1.29 is 4.79 Å². The topological polar surface area (TPSA) is 47.3 Å². The predicted molar refractivity (Wildman–Crippen MR) is 74.4 cm³/mol. The number of nitrogens with zero attached hydrogens (tertiary/aromatic N) is 3. The molecular formula is C15H25N3O. The van der Waals surface area contributed by atoms with Crippen LogP contribution < -0.4 is 0 Å². The first-order valence-corrected chi connectivity index (χ1v) is 7.61. The van der Waals surface area contributed by atoms with E-state index in [0.29, 0.717) is 6.04 Å². The van der Waals surface area contributed by atoms with E-state index in [1.165, 1.54) is 19.3 Å². The molecular weight excluding hydrogens is 238 g/mol. The summed E-state index contributed by atoms with van der Waals surface area (Å²) in [5, 5.41) is 9.39. The number of carbonyl (C=O) groups is 1. The molecule has 0 spiro atoms. The summed E-state index contributed by atoms with van der Waals surface area (Å²) in [6.45, 7) is 5.31. The van der Waals surface area contributed by atoms with E-state index in [9.17, 15) is 10.1 Å². The molecule has 0 radical (unpaired) electrons. The summed E-state index contributed by atoms with van der Waals surface area (Å²) in [6.07, 6.45) is 6.95. The first-order valence-electron chi connectivity index (χ1n) is 7.61. The van der Waals surface area contributed by atoms with Crippen LogP contribution in [0.2, 0.25) is 0 Å². The average Bonchev–Trinajstić information content (AvgIpc) is 2.78. The van der Waals surface area contributed by atoms with Crippen molar-refractivity contribution in [2.45, 2.75) is 51.5 Å². The van der Waals surface area contributed by atoms with Crippen LogP contribution in [0.4, 0.5) is 0 Å². The van der Waals surface area contributed by atoms with Crippen LogP contribution in [0.5, 0.6) is 0 Å². The maximum Gasteiger partial charge on any atom is 0.219 e. The molecule has 1 aliphatic carbocycles. The van der Waals surface area contributed by atoms with Gasteiger partial charge >= 0.3 is 0 Å². The fraction of sp³-hybridized carbons (Fsp3) is 0.867.